The molecule has 0 saturated heterocycles. The smallest absolute Gasteiger partial charge is 0.229 e. The lowest BCUT2D eigenvalue weighted by Gasteiger charge is -2.19. The summed E-state index contributed by atoms with van der Waals surface area (Å²) in [4.78, 5) is 15.7. The van der Waals surface area contributed by atoms with E-state index in [0.29, 0.717) is 23.9 Å². The Morgan fingerprint density at radius 2 is 1.69 bits per heavy atom. The SMILES string of the molecule is CN(c1ccc2c(c1)nc(NCc1ccccc1)n2C)c1ccnc(Nc2ccc(CS(N)(=O)=O)cc2)n1.Cl. The minimum atomic E-state index is -3.58. The van der Waals surface area contributed by atoms with E-state index in [2.05, 4.69) is 32.7 Å². The minimum Gasteiger partial charge on any atom is -0.352 e. The highest BCUT2D eigenvalue weighted by Crippen LogP contribution is 2.28. The van der Waals surface area contributed by atoms with Gasteiger partial charge in [0.25, 0.3) is 0 Å². The normalized spacial score (nSPS) is 11.2. The number of hydrogen-bond acceptors (Lipinski definition) is 8. The molecule has 0 amide bonds. The fourth-order valence-electron chi connectivity index (χ4n) is 4.11. The van der Waals surface area contributed by atoms with Crippen LogP contribution in [-0.4, -0.2) is 35.0 Å². The second-order valence-corrected chi connectivity index (χ2v) is 10.5. The van der Waals surface area contributed by atoms with Crippen LogP contribution in [0.4, 0.5) is 29.1 Å². The second-order valence-electron chi connectivity index (χ2n) is 8.93. The number of primary sulfonamides is 1. The third kappa shape index (κ3) is 6.82. The van der Waals surface area contributed by atoms with Crippen LogP contribution in [0.15, 0.2) is 85.1 Å². The van der Waals surface area contributed by atoms with Crippen molar-refractivity contribution in [1.29, 1.82) is 0 Å². The number of nitrogens with two attached hydrogens (primary N) is 1. The van der Waals surface area contributed by atoms with Gasteiger partial charge in [-0.15, -0.1) is 12.4 Å². The highest BCUT2D eigenvalue weighted by molar-refractivity contribution is 7.88. The Balaban J connectivity index is 0.00000353. The maximum atomic E-state index is 11.3. The van der Waals surface area contributed by atoms with Crippen LogP contribution < -0.4 is 20.7 Å². The predicted molar refractivity (Wildman–Crippen MR) is 158 cm³/mol. The number of imidazole rings is 1. The molecule has 0 aliphatic carbocycles. The number of fused-ring (bicyclic) bond motifs is 1. The van der Waals surface area contributed by atoms with Gasteiger partial charge in [0, 0.05) is 38.2 Å². The first kappa shape index (κ1) is 27.8. The first-order chi connectivity index (χ1) is 18.2. The maximum Gasteiger partial charge on any atom is 0.229 e. The van der Waals surface area contributed by atoms with Gasteiger partial charge >= 0.3 is 0 Å². The number of aryl methyl sites for hydroxylation is 1. The van der Waals surface area contributed by atoms with Crippen molar-refractivity contribution in [3.63, 3.8) is 0 Å². The van der Waals surface area contributed by atoms with Gasteiger partial charge in [-0.2, -0.15) is 4.98 Å². The summed E-state index contributed by atoms with van der Waals surface area (Å²) in [6, 6.07) is 25.1. The Kier molecular flexibility index (Phi) is 8.34. The monoisotopic (exact) mass is 564 g/mol. The summed E-state index contributed by atoms with van der Waals surface area (Å²) in [5.41, 5.74) is 5.35. The first-order valence-corrected chi connectivity index (χ1v) is 13.6. The van der Waals surface area contributed by atoms with Gasteiger partial charge in [0.1, 0.15) is 5.82 Å². The number of rotatable bonds is 9. The Morgan fingerprint density at radius 1 is 0.949 bits per heavy atom. The van der Waals surface area contributed by atoms with E-state index in [1.807, 2.05) is 66.0 Å². The molecule has 12 heteroatoms. The highest BCUT2D eigenvalue weighted by atomic mass is 35.5. The van der Waals surface area contributed by atoms with Crippen LogP contribution in [-0.2, 0) is 29.4 Å². The average molecular weight is 565 g/mol. The summed E-state index contributed by atoms with van der Waals surface area (Å²) in [5.74, 6) is 1.70. The van der Waals surface area contributed by atoms with Crippen LogP contribution in [0.5, 0.6) is 0 Å². The van der Waals surface area contributed by atoms with E-state index in [-0.39, 0.29) is 18.2 Å². The van der Waals surface area contributed by atoms with Gasteiger partial charge in [0.15, 0.2) is 0 Å². The molecule has 0 fully saturated rings. The van der Waals surface area contributed by atoms with E-state index in [9.17, 15) is 8.42 Å². The van der Waals surface area contributed by atoms with Gasteiger partial charge in [-0.25, -0.2) is 23.5 Å². The molecule has 0 aliphatic heterocycles. The molecule has 0 unspecified atom stereocenters. The van der Waals surface area contributed by atoms with Crippen molar-refractivity contribution in [2.24, 2.45) is 12.2 Å². The Labute approximate surface area is 233 Å². The summed E-state index contributed by atoms with van der Waals surface area (Å²) in [5, 5.41) is 11.7. The number of sulfonamides is 1. The van der Waals surface area contributed by atoms with Crippen molar-refractivity contribution >= 4 is 62.6 Å². The molecule has 0 bridgehead atoms. The summed E-state index contributed by atoms with van der Waals surface area (Å²) >= 11 is 0. The number of benzene rings is 3. The zero-order chi connectivity index (χ0) is 26.7. The van der Waals surface area contributed by atoms with Gasteiger partial charge in [-0.3, -0.25) is 0 Å². The van der Waals surface area contributed by atoms with E-state index in [4.69, 9.17) is 10.1 Å². The molecule has 10 nitrogen and oxygen atoms in total. The zero-order valence-electron chi connectivity index (χ0n) is 21.4. The average Bonchev–Trinajstić information content (AvgIpc) is 3.22. The van der Waals surface area contributed by atoms with Crippen LogP contribution >= 0.6 is 12.4 Å². The van der Waals surface area contributed by atoms with Crippen molar-refractivity contribution in [3.8, 4) is 0 Å². The number of halogens is 1. The van der Waals surface area contributed by atoms with Crippen molar-refractivity contribution in [3.05, 3.63) is 96.2 Å². The first-order valence-electron chi connectivity index (χ1n) is 11.9. The minimum absolute atomic E-state index is 0. The molecule has 202 valence electrons. The number of nitrogens with one attached hydrogen (secondary N) is 2. The fourth-order valence-corrected chi connectivity index (χ4v) is 4.76. The molecule has 0 saturated carbocycles. The van der Waals surface area contributed by atoms with Crippen molar-refractivity contribution < 1.29 is 8.42 Å². The molecule has 39 heavy (non-hydrogen) atoms. The number of anilines is 5. The molecule has 0 radical (unpaired) electrons. The maximum absolute atomic E-state index is 11.3. The van der Waals surface area contributed by atoms with Gasteiger partial charge in [0.05, 0.1) is 16.8 Å². The topological polar surface area (TPSA) is 131 Å². The van der Waals surface area contributed by atoms with E-state index in [1.54, 1.807) is 30.5 Å². The molecule has 2 heterocycles. The zero-order valence-corrected chi connectivity index (χ0v) is 23.1. The summed E-state index contributed by atoms with van der Waals surface area (Å²) in [7, 11) is 0.353. The molecular formula is C27H29ClN8O2S. The molecule has 5 rings (SSSR count). The van der Waals surface area contributed by atoms with Gasteiger partial charge in [-0.05, 0) is 47.5 Å². The predicted octanol–water partition coefficient (Wildman–Crippen LogP) is 4.70. The molecule has 0 atom stereocenters. The molecular weight excluding hydrogens is 536 g/mol. The van der Waals surface area contributed by atoms with Crippen LogP contribution in [0.3, 0.4) is 0 Å². The Hall–Kier alpha value is -4.19. The van der Waals surface area contributed by atoms with Crippen molar-refractivity contribution in [2.45, 2.75) is 12.3 Å². The van der Waals surface area contributed by atoms with Crippen LogP contribution in [0.25, 0.3) is 11.0 Å². The lowest BCUT2D eigenvalue weighted by atomic mass is 10.2. The highest BCUT2D eigenvalue weighted by Gasteiger charge is 2.13. The standard InChI is InChI=1S/C27H28N8O2S.ClH/c1-34(25-14-15-29-26(33-25)31-21-10-8-20(9-11-21)18-38(28,36)37)22-12-13-24-23(16-22)32-27(35(24)2)30-17-19-6-4-3-5-7-19;/h3-16H,17-18H2,1-2H3,(H,30,32)(H2,28,36,37)(H,29,31,33);1H. The molecule has 5 aromatic rings. The number of aromatic nitrogens is 4. The van der Waals surface area contributed by atoms with E-state index in [0.717, 1.165) is 28.4 Å². The summed E-state index contributed by atoms with van der Waals surface area (Å²) in [6.45, 7) is 0.691. The van der Waals surface area contributed by atoms with Crippen LogP contribution in [0.1, 0.15) is 11.1 Å². The number of nitrogens with zero attached hydrogens (tertiary/aromatic N) is 5. The Bertz CT molecular complexity index is 1680. The van der Waals surface area contributed by atoms with Crippen molar-refractivity contribution in [2.75, 3.05) is 22.6 Å². The largest absolute Gasteiger partial charge is 0.352 e. The van der Waals surface area contributed by atoms with E-state index >= 15 is 0 Å². The third-order valence-corrected chi connectivity index (χ3v) is 6.84. The summed E-state index contributed by atoms with van der Waals surface area (Å²) in [6.07, 6.45) is 1.68. The molecule has 0 spiro atoms. The fraction of sp³-hybridized carbons (Fsp3) is 0.148. The molecule has 4 N–H and O–H groups in total. The third-order valence-electron chi connectivity index (χ3n) is 6.11. The van der Waals surface area contributed by atoms with Gasteiger partial charge in [0.2, 0.25) is 21.9 Å². The van der Waals surface area contributed by atoms with Crippen molar-refractivity contribution in [1.82, 2.24) is 19.5 Å². The van der Waals surface area contributed by atoms with Gasteiger partial charge < -0.3 is 20.1 Å². The lowest BCUT2D eigenvalue weighted by Crippen LogP contribution is -2.14. The lowest BCUT2D eigenvalue weighted by molar-refractivity contribution is 0.597. The van der Waals surface area contributed by atoms with Gasteiger partial charge in [-0.1, -0.05) is 42.5 Å². The quantitative estimate of drug-likeness (QED) is 0.235. The molecule has 2 aromatic heterocycles. The molecule has 3 aromatic carbocycles. The van der Waals surface area contributed by atoms with E-state index < -0.39 is 10.0 Å². The summed E-state index contributed by atoms with van der Waals surface area (Å²) < 4.78 is 24.6. The second kappa shape index (κ2) is 11.7. The van der Waals surface area contributed by atoms with E-state index in [1.165, 1.54) is 5.56 Å². The van der Waals surface area contributed by atoms with Crippen LogP contribution in [0, 0.1) is 0 Å². The molecule has 0 aliphatic rings. The van der Waals surface area contributed by atoms with Crippen LogP contribution in [0.2, 0.25) is 0 Å². The Morgan fingerprint density at radius 3 is 2.41 bits per heavy atom. The number of hydrogen-bond donors (Lipinski definition) is 3.